The molecule has 1 aromatic heterocycles. The van der Waals surface area contributed by atoms with Crippen molar-refractivity contribution in [3.63, 3.8) is 0 Å². The van der Waals surface area contributed by atoms with E-state index in [0.29, 0.717) is 16.9 Å². The molecule has 2 atom stereocenters. The maximum absolute atomic E-state index is 13.3. The Bertz CT molecular complexity index is 1240. The van der Waals surface area contributed by atoms with Gasteiger partial charge in [0.2, 0.25) is 5.91 Å². The van der Waals surface area contributed by atoms with Gasteiger partial charge >= 0.3 is 5.97 Å². The van der Waals surface area contributed by atoms with Crippen LogP contribution in [0.3, 0.4) is 0 Å². The highest BCUT2D eigenvalue weighted by atomic mass is 32.1. The quantitative estimate of drug-likeness (QED) is 0.377. The van der Waals surface area contributed by atoms with E-state index in [0.717, 1.165) is 16.9 Å². The number of halogens is 2. The van der Waals surface area contributed by atoms with E-state index >= 15 is 0 Å². The number of hydrogen-bond donors (Lipinski definition) is 2. The number of amides is 2. The fourth-order valence-corrected chi connectivity index (χ4v) is 4.63. The highest BCUT2D eigenvalue weighted by Gasteiger charge is 2.31. The minimum atomic E-state index is -1.05. The topological polar surface area (TPSA) is 97.4 Å². The number of ether oxygens (including phenoxy) is 1. The van der Waals surface area contributed by atoms with Crippen molar-refractivity contribution in [3.05, 3.63) is 76.9 Å². The summed E-state index contributed by atoms with van der Waals surface area (Å²) in [5.41, 5.74) is 0.795. The Labute approximate surface area is 218 Å². The molecule has 10 heteroatoms. The van der Waals surface area contributed by atoms with E-state index < -0.39 is 35.3 Å². The molecule has 2 amide bonds. The number of hydrogen-bond acceptors (Lipinski definition) is 6. The van der Waals surface area contributed by atoms with Gasteiger partial charge in [-0.15, -0.1) is 11.3 Å². The van der Waals surface area contributed by atoms with Gasteiger partial charge in [0.15, 0.2) is 5.01 Å². The molecule has 0 fully saturated rings. The van der Waals surface area contributed by atoms with Crippen LogP contribution in [0.5, 0.6) is 0 Å². The van der Waals surface area contributed by atoms with Crippen LogP contribution in [-0.2, 0) is 20.7 Å². The molecule has 2 N–H and O–H groups in total. The Morgan fingerprint density at radius 3 is 2.22 bits per heavy atom. The second-order valence-corrected chi connectivity index (χ2v) is 10.4. The van der Waals surface area contributed by atoms with Crippen LogP contribution in [-0.4, -0.2) is 41.5 Å². The van der Waals surface area contributed by atoms with Crippen molar-refractivity contribution >= 4 is 29.1 Å². The number of nitrogens with zero attached hydrogens (tertiary/aromatic N) is 1. The van der Waals surface area contributed by atoms with Crippen LogP contribution in [0, 0.1) is 17.6 Å². The minimum absolute atomic E-state index is 0.00701. The Morgan fingerprint density at radius 2 is 1.62 bits per heavy atom. The first-order chi connectivity index (χ1) is 17.5. The van der Waals surface area contributed by atoms with E-state index in [1.807, 2.05) is 13.8 Å². The molecule has 0 aliphatic heterocycles. The maximum atomic E-state index is 13.3. The van der Waals surface area contributed by atoms with Crippen LogP contribution in [0.25, 0.3) is 10.4 Å². The summed E-state index contributed by atoms with van der Waals surface area (Å²) < 4.78 is 31.3. The summed E-state index contributed by atoms with van der Waals surface area (Å²) in [5, 5.41) is 5.73. The molecule has 1 heterocycles. The van der Waals surface area contributed by atoms with E-state index in [2.05, 4.69) is 15.6 Å². The fraction of sp³-hybridized carbons (Fsp3) is 0.333. The Kier molecular flexibility index (Phi) is 9.09. The standard InChI is InChI=1S/C27H29F2N3O4S/c1-16(26(35)36-4)13-21(23(33)32-27(2,3)14-17-5-9-19(28)10-6-17)31-24(34)25-30-15-22(37-25)18-7-11-20(29)12-8-18/h5-12,15-16,21H,13-14H2,1-4H3,(H,31,34)(H,32,33). The molecular formula is C27H29F2N3O4S. The Balaban J connectivity index is 1.75. The van der Waals surface area contributed by atoms with Gasteiger partial charge in [-0.2, -0.15) is 0 Å². The van der Waals surface area contributed by atoms with Crippen molar-refractivity contribution in [3.8, 4) is 10.4 Å². The lowest BCUT2D eigenvalue weighted by Gasteiger charge is -2.30. The highest BCUT2D eigenvalue weighted by Crippen LogP contribution is 2.26. The van der Waals surface area contributed by atoms with E-state index in [1.165, 1.54) is 37.6 Å². The second kappa shape index (κ2) is 12.1. The number of methoxy groups -OCH3 is 1. The maximum Gasteiger partial charge on any atom is 0.308 e. The molecule has 0 aliphatic rings. The molecule has 0 saturated heterocycles. The molecule has 0 bridgehead atoms. The molecule has 2 aromatic carbocycles. The van der Waals surface area contributed by atoms with Crippen molar-refractivity contribution in [2.24, 2.45) is 5.92 Å². The lowest BCUT2D eigenvalue weighted by molar-refractivity contribution is -0.145. The molecule has 196 valence electrons. The highest BCUT2D eigenvalue weighted by molar-refractivity contribution is 7.17. The number of benzene rings is 2. The third-order valence-electron chi connectivity index (χ3n) is 5.66. The smallest absolute Gasteiger partial charge is 0.308 e. The van der Waals surface area contributed by atoms with Gasteiger partial charge in [0.25, 0.3) is 5.91 Å². The second-order valence-electron chi connectivity index (χ2n) is 9.40. The van der Waals surface area contributed by atoms with Gasteiger partial charge in [-0.05, 0) is 62.1 Å². The zero-order chi connectivity index (χ0) is 27.2. The number of nitrogens with one attached hydrogen (secondary N) is 2. The van der Waals surface area contributed by atoms with Crippen molar-refractivity contribution in [2.75, 3.05) is 7.11 Å². The summed E-state index contributed by atoms with van der Waals surface area (Å²) in [5.74, 6) is -2.95. The van der Waals surface area contributed by atoms with Crippen molar-refractivity contribution in [2.45, 2.75) is 45.2 Å². The zero-order valence-corrected chi connectivity index (χ0v) is 21.8. The SMILES string of the molecule is COC(=O)C(C)CC(NC(=O)c1ncc(-c2ccc(F)cc2)s1)C(=O)NC(C)(C)Cc1ccc(F)cc1. The normalized spacial score (nSPS) is 12.9. The van der Waals surface area contributed by atoms with E-state index in [9.17, 15) is 23.2 Å². The number of carbonyl (C=O) groups excluding carboxylic acids is 3. The Morgan fingerprint density at radius 1 is 1.03 bits per heavy atom. The molecule has 0 spiro atoms. The van der Waals surface area contributed by atoms with Gasteiger partial charge < -0.3 is 15.4 Å². The Hall–Kier alpha value is -3.66. The van der Waals surface area contributed by atoms with Crippen LogP contribution >= 0.6 is 11.3 Å². The monoisotopic (exact) mass is 529 g/mol. The van der Waals surface area contributed by atoms with Crippen LogP contribution in [0.15, 0.2) is 54.7 Å². The molecular weight excluding hydrogens is 500 g/mol. The van der Waals surface area contributed by atoms with Crippen molar-refractivity contribution in [1.29, 1.82) is 0 Å². The summed E-state index contributed by atoms with van der Waals surface area (Å²) in [4.78, 5) is 43.1. The largest absolute Gasteiger partial charge is 0.469 e. The van der Waals surface area contributed by atoms with Gasteiger partial charge in [0, 0.05) is 11.7 Å². The lowest BCUT2D eigenvalue weighted by Crippen LogP contribution is -2.54. The molecule has 0 radical (unpaired) electrons. The molecule has 7 nitrogen and oxygen atoms in total. The number of rotatable bonds is 10. The fourth-order valence-electron chi connectivity index (χ4n) is 3.81. The van der Waals surface area contributed by atoms with Crippen LogP contribution < -0.4 is 10.6 Å². The van der Waals surface area contributed by atoms with Crippen molar-refractivity contribution in [1.82, 2.24) is 15.6 Å². The summed E-state index contributed by atoms with van der Waals surface area (Å²) >= 11 is 1.10. The average Bonchev–Trinajstić information content (AvgIpc) is 3.35. The minimum Gasteiger partial charge on any atom is -0.469 e. The predicted octanol–water partition coefficient (Wildman–Crippen LogP) is 4.52. The molecule has 3 aromatic rings. The average molecular weight is 530 g/mol. The summed E-state index contributed by atoms with van der Waals surface area (Å²) in [7, 11) is 1.25. The first-order valence-electron chi connectivity index (χ1n) is 11.6. The number of carbonyl (C=O) groups is 3. The van der Waals surface area contributed by atoms with Gasteiger partial charge in [-0.1, -0.05) is 31.2 Å². The number of esters is 1. The molecule has 2 unspecified atom stereocenters. The van der Waals surface area contributed by atoms with Gasteiger partial charge in [-0.25, -0.2) is 13.8 Å². The molecule has 0 saturated carbocycles. The van der Waals surface area contributed by atoms with E-state index in [4.69, 9.17) is 4.74 Å². The van der Waals surface area contributed by atoms with E-state index in [-0.39, 0.29) is 23.1 Å². The predicted molar refractivity (Wildman–Crippen MR) is 137 cm³/mol. The molecule has 37 heavy (non-hydrogen) atoms. The first kappa shape index (κ1) is 27.9. The number of aromatic nitrogens is 1. The number of thiazole rings is 1. The first-order valence-corrected chi connectivity index (χ1v) is 12.5. The third kappa shape index (κ3) is 7.91. The molecule has 0 aliphatic carbocycles. The van der Waals surface area contributed by atoms with E-state index in [1.54, 1.807) is 31.2 Å². The van der Waals surface area contributed by atoms with Gasteiger partial charge in [-0.3, -0.25) is 14.4 Å². The zero-order valence-electron chi connectivity index (χ0n) is 21.0. The van der Waals surface area contributed by atoms with Gasteiger partial charge in [0.05, 0.1) is 17.9 Å². The van der Waals surface area contributed by atoms with Crippen LogP contribution in [0.1, 0.15) is 42.6 Å². The van der Waals surface area contributed by atoms with Gasteiger partial charge in [0.1, 0.15) is 17.7 Å². The summed E-state index contributed by atoms with van der Waals surface area (Å²) in [6.45, 7) is 5.23. The summed E-state index contributed by atoms with van der Waals surface area (Å²) in [6.07, 6.45) is 1.93. The lowest BCUT2D eigenvalue weighted by atomic mass is 9.93. The summed E-state index contributed by atoms with van der Waals surface area (Å²) in [6, 6.07) is 10.7. The van der Waals surface area contributed by atoms with Crippen LogP contribution in [0.4, 0.5) is 8.78 Å². The van der Waals surface area contributed by atoms with Crippen molar-refractivity contribution < 1.29 is 27.9 Å². The molecule has 3 rings (SSSR count). The third-order valence-corrected chi connectivity index (χ3v) is 6.71. The van der Waals surface area contributed by atoms with Crippen LogP contribution in [0.2, 0.25) is 0 Å².